The second kappa shape index (κ2) is 7.24. The predicted octanol–water partition coefficient (Wildman–Crippen LogP) is 3.19. The van der Waals surface area contributed by atoms with Gasteiger partial charge in [-0.3, -0.25) is 10.1 Å². The van der Waals surface area contributed by atoms with Crippen LogP contribution in [0.4, 0.5) is 11.4 Å². The molecule has 1 N–H and O–H groups in total. The minimum Gasteiger partial charge on any atom is -0.378 e. The Morgan fingerprint density at radius 3 is 2.60 bits per heavy atom. The number of likely N-dealkylation sites (tertiary alicyclic amines) is 1. The zero-order valence-electron chi connectivity index (χ0n) is 12.1. The highest BCUT2D eigenvalue weighted by molar-refractivity contribution is 5.65. The lowest BCUT2D eigenvalue weighted by Gasteiger charge is -2.20. The first-order valence-corrected chi connectivity index (χ1v) is 7.39. The maximum Gasteiger partial charge on any atom is 0.292 e. The topological polar surface area (TPSA) is 58.4 Å². The number of hydrogen-bond acceptors (Lipinski definition) is 4. The average Bonchev–Trinajstić information content (AvgIpc) is 2.69. The number of anilines is 1. The van der Waals surface area contributed by atoms with Gasteiger partial charge in [0.05, 0.1) is 4.92 Å². The molecule has 20 heavy (non-hydrogen) atoms. The number of hydrogen-bond donors (Lipinski definition) is 1. The van der Waals surface area contributed by atoms with Crippen molar-refractivity contribution in [1.82, 2.24) is 4.90 Å². The van der Waals surface area contributed by atoms with Crippen molar-refractivity contribution in [1.29, 1.82) is 0 Å². The van der Waals surface area contributed by atoms with Gasteiger partial charge in [0.15, 0.2) is 0 Å². The van der Waals surface area contributed by atoms with Crippen molar-refractivity contribution in [2.75, 3.05) is 31.5 Å². The SMILES string of the molecule is Cc1cccc([N+](=O)[O-])c1NCCN1CCCCCC1. The quantitative estimate of drug-likeness (QED) is 0.663. The number of rotatable bonds is 5. The van der Waals surface area contributed by atoms with E-state index in [9.17, 15) is 10.1 Å². The van der Waals surface area contributed by atoms with E-state index >= 15 is 0 Å². The Labute approximate surface area is 120 Å². The van der Waals surface area contributed by atoms with E-state index in [0.29, 0.717) is 5.69 Å². The fourth-order valence-electron chi connectivity index (χ4n) is 2.73. The summed E-state index contributed by atoms with van der Waals surface area (Å²) in [5.41, 5.74) is 1.75. The van der Waals surface area contributed by atoms with E-state index in [1.807, 2.05) is 13.0 Å². The second-order valence-electron chi connectivity index (χ2n) is 5.41. The van der Waals surface area contributed by atoms with Gasteiger partial charge in [-0.2, -0.15) is 0 Å². The van der Waals surface area contributed by atoms with Crippen LogP contribution >= 0.6 is 0 Å². The molecule has 0 atom stereocenters. The first kappa shape index (κ1) is 14.8. The van der Waals surface area contributed by atoms with Crippen LogP contribution < -0.4 is 5.32 Å². The van der Waals surface area contributed by atoms with Gasteiger partial charge in [0.1, 0.15) is 5.69 Å². The van der Waals surface area contributed by atoms with Gasteiger partial charge in [-0.15, -0.1) is 0 Å². The number of nitrogens with zero attached hydrogens (tertiary/aromatic N) is 2. The molecule has 0 aromatic heterocycles. The lowest BCUT2D eigenvalue weighted by Crippen LogP contribution is -2.30. The molecule has 1 heterocycles. The Morgan fingerprint density at radius 2 is 1.95 bits per heavy atom. The van der Waals surface area contributed by atoms with E-state index in [2.05, 4.69) is 10.2 Å². The third kappa shape index (κ3) is 3.93. The molecule has 1 aliphatic rings. The molecule has 0 radical (unpaired) electrons. The zero-order valence-corrected chi connectivity index (χ0v) is 12.1. The molecule has 1 saturated heterocycles. The van der Waals surface area contributed by atoms with Gasteiger partial charge in [0.25, 0.3) is 5.69 Å². The van der Waals surface area contributed by atoms with Crippen LogP contribution in [0.15, 0.2) is 18.2 Å². The van der Waals surface area contributed by atoms with Crippen LogP contribution in [-0.4, -0.2) is 36.0 Å². The van der Waals surface area contributed by atoms with Crippen LogP contribution in [0.5, 0.6) is 0 Å². The fraction of sp³-hybridized carbons (Fsp3) is 0.600. The molecule has 1 aliphatic heterocycles. The monoisotopic (exact) mass is 277 g/mol. The minimum absolute atomic E-state index is 0.167. The number of aryl methyl sites for hydroxylation is 1. The van der Waals surface area contributed by atoms with Crippen molar-refractivity contribution < 1.29 is 4.92 Å². The van der Waals surface area contributed by atoms with Gasteiger partial charge in [0, 0.05) is 19.2 Å². The van der Waals surface area contributed by atoms with Gasteiger partial charge >= 0.3 is 0 Å². The van der Waals surface area contributed by atoms with Crippen LogP contribution in [0, 0.1) is 17.0 Å². The summed E-state index contributed by atoms with van der Waals surface area (Å²) in [6.07, 6.45) is 5.19. The van der Waals surface area contributed by atoms with Gasteiger partial charge in [-0.1, -0.05) is 25.0 Å². The normalized spacial score (nSPS) is 16.6. The van der Waals surface area contributed by atoms with E-state index in [1.165, 1.54) is 25.7 Å². The number of nitrogens with one attached hydrogen (secondary N) is 1. The number of nitro benzene ring substituents is 1. The van der Waals surface area contributed by atoms with Crippen molar-refractivity contribution in [2.24, 2.45) is 0 Å². The number of benzene rings is 1. The fourth-order valence-corrected chi connectivity index (χ4v) is 2.73. The highest BCUT2D eigenvalue weighted by Gasteiger charge is 2.15. The van der Waals surface area contributed by atoms with Crippen LogP contribution in [0.3, 0.4) is 0 Å². The molecule has 0 bridgehead atoms. The van der Waals surface area contributed by atoms with Gasteiger partial charge < -0.3 is 10.2 Å². The summed E-state index contributed by atoms with van der Waals surface area (Å²) in [5, 5.41) is 14.3. The van der Waals surface area contributed by atoms with Crippen molar-refractivity contribution in [3.05, 3.63) is 33.9 Å². The summed E-state index contributed by atoms with van der Waals surface area (Å²) in [6.45, 7) is 5.91. The van der Waals surface area contributed by atoms with E-state index in [1.54, 1.807) is 12.1 Å². The molecular weight excluding hydrogens is 254 g/mol. The molecule has 110 valence electrons. The third-order valence-corrected chi connectivity index (χ3v) is 3.88. The molecule has 1 aromatic rings. The van der Waals surface area contributed by atoms with Crippen LogP contribution in [0.2, 0.25) is 0 Å². The molecule has 2 rings (SSSR count). The Balaban J connectivity index is 1.91. The molecule has 0 unspecified atom stereocenters. The van der Waals surface area contributed by atoms with E-state index in [4.69, 9.17) is 0 Å². The molecule has 1 aromatic carbocycles. The van der Waals surface area contributed by atoms with Gasteiger partial charge in [-0.05, 0) is 38.4 Å². The summed E-state index contributed by atoms with van der Waals surface area (Å²) in [6, 6.07) is 5.19. The maximum absolute atomic E-state index is 11.0. The summed E-state index contributed by atoms with van der Waals surface area (Å²) in [5.74, 6) is 0. The molecular formula is C15H23N3O2. The van der Waals surface area contributed by atoms with E-state index < -0.39 is 0 Å². The Kier molecular flexibility index (Phi) is 5.35. The summed E-state index contributed by atoms with van der Waals surface area (Å²) in [4.78, 5) is 13.2. The van der Waals surface area contributed by atoms with Crippen LogP contribution in [-0.2, 0) is 0 Å². The first-order chi connectivity index (χ1) is 9.68. The minimum atomic E-state index is -0.318. The second-order valence-corrected chi connectivity index (χ2v) is 5.41. The van der Waals surface area contributed by atoms with Crippen molar-refractivity contribution in [3.8, 4) is 0 Å². The van der Waals surface area contributed by atoms with Crippen LogP contribution in [0.25, 0.3) is 0 Å². The average molecular weight is 277 g/mol. The summed E-state index contributed by atoms with van der Waals surface area (Å²) in [7, 11) is 0. The van der Waals surface area contributed by atoms with Crippen molar-refractivity contribution >= 4 is 11.4 Å². The van der Waals surface area contributed by atoms with Crippen molar-refractivity contribution in [2.45, 2.75) is 32.6 Å². The lowest BCUT2D eigenvalue weighted by molar-refractivity contribution is -0.384. The standard InChI is InChI=1S/C15H23N3O2/c1-13-7-6-8-14(18(19)20)15(13)16-9-12-17-10-4-2-3-5-11-17/h6-8,16H,2-5,9-12H2,1H3. The Morgan fingerprint density at radius 1 is 1.25 bits per heavy atom. The molecule has 0 amide bonds. The zero-order chi connectivity index (χ0) is 14.4. The number of para-hydroxylation sites is 1. The summed E-state index contributed by atoms with van der Waals surface area (Å²) >= 11 is 0. The predicted molar refractivity (Wildman–Crippen MR) is 81.2 cm³/mol. The highest BCUT2D eigenvalue weighted by atomic mass is 16.6. The highest BCUT2D eigenvalue weighted by Crippen LogP contribution is 2.27. The molecule has 5 nitrogen and oxygen atoms in total. The maximum atomic E-state index is 11.0. The van der Waals surface area contributed by atoms with Crippen molar-refractivity contribution in [3.63, 3.8) is 0 Å². The molecule has 0 saturated carbocycles. The third-order valence-electron chi connectivity index (χ3n) is 3.88. The molecule has 0 aliphatic carbocycles. The Bertz CT molecular complexity index is 454. The largest absolute Gasteiger partial charge is 0.378 e. The first-order valence-electron chi connectivity index (χ1n) is 7.39. The van der Waals surface area contributed by atoms with Gasteiger partial charge in [0.2, 0.25) is 0 Å². The number of nitro groups is 1. The molecule has 1 fully saturated rings. The van der Waals surface area contributed by atoms with Gasteiger partial charge in [-0.25, -0.2) is 0 Å². The smallest absolute Gasteiger partial charge is 0.292 e. The lowest BCUT2D eigenvalue weighted by atomic mass is 10.1. The van der Waals surface area contributed by atoms with Crippen LogP contribution in [0.1, 0.15) is 31.2 Å². The molecule has 5 heteroatoms. The molecule has 0 spiro atoms. The van der Waals surface area contributed by atoms with E-state index in [-0.39, 0.29) is 10.6 Å². The Hall–Kier alpha value is -1.62. The van der Waals surface area contributed by atoms with E-state index in [0.717, 1.165) is 31.7 Å². The summed E-state index contributed by atoms with van der Waals surface area (Å²) < 4.78 is 0.